The van der Waals surface area contributed by atoms with Crippen molar-refractivity contribution in [1.82, 2.24) is 5.32 Å². The van der Waals surface area contributed by atoms with E-state index in [0.29, 0.717) is 16.9 Å². The van der Waals surface area contributed by atoms with Crippen molar-refractivity contribution in [3.8, 4) is 5.75 Å². The summed E-state index contributed by atoms with van der Waals surface area (Å²) in [4.78, 5) is 24.2. The number of carbonyl (C=O) groups excluding carboxylic acids is 2. The maximum Gasteiger partial charge on any atom is 0.291 e. The maximum atomic E-state index is 12.1. The van der Waals surface area contributed by atoms with E-state index in [1.165, 1.54) is 0 Å². The van der Waals surface area contributed by atoms with E-state index in [9.17, 15) is 9.59 Å². The molecule has 0 saturated heterocycles. The van der Waals surface area contributed by atoms with Gasteiger partial charge in [0.05, 0.1) is 13.5 Å². The van der Waals surface area contributed by atoms with Crippen LogP contribution in [-0.2, 0) is 17.8 Å². The van der Waals surface area contributed by atoms with Crippen LogP contribution in [0, 0.1) is 0 Å². The molecule has 2 aromatic carbocycles. The number of nitrogens with one attached hydrogen (secondary N) is 2. The Morgan fingerprint density at radius 2 is 1.64 bits per heavy atom. The van der Waals surface area contributed by atoms with Gasteiger partial charge in [-0.25, -0.2) is 0 Å². The lowest BCUT2D eigenvalue weighted by Crippen LogP contribution is -2.24. The Labute approximate surface area is 171 Å². The van der Waals surface area contributed by atoms with Gasteiger partial charge < -0.3 is 19.8 Å². The molecule has 0 fully saturated rings. The van der Waals surface area contributed by atoms with Gasteiger partial charge in [0.1, 0.15) is 5.75 Å². The summed E-state index contributed by atoms with van der Waals surface area (Å²) in [6.07, 6.45) is 0.259. The molecule has 1 aromatic heterocycles. The number of ether oxygens (including phenoxy) is 1. The van der Waals surface area contributed by atoms with Crippen LogP contribution in [0.5, 0.6) is 5.75 Å². The molecule has 6 nitrogen and oxygen atoms in total. The Morgan fingerprint density at radius 3 is 2.25 bits per heavy atom. The number of furan rings is 1. The van der Waals surface area contributed by atoms with Crippen LogP contribution < -0.4 is 15.4 Å². The van der Waals surface area contributed by atoms with E-state index >= 15 is 0 Å². The number of hydrogen-bond acceptors (Lipinski definition) is 4. The molecule has 0 aliphatic heterocycles. The number of hydrogen-bond donors (Lipinski definition) is 2. The summed E-state index contributed by atoms with van der Waals surface area (Å²) < 4.78 is 10.8. The average Bonchev–Trinajstić information content (AvgIpc) is 3.15. The second kappa shape index (κ2) is 9.23. The largest absolute Gasteiger partial charge is 0.497 e. The molecule has 2 amide bonds. The van der Waals surface area contributed by atoms with Crippen LogP contribution >= 0.6 is 15.9 Å². The van der Waals surface area contributed by atoms with E-state index in [2.05, 4.69) is 26.6 Å². The van der Waals surface area contributed by atoms with Crippen LogP contribution in [0.25, 0.3) is 0 Å². The first kappa shape index (κ1) is 19.7. The highest BCUT2D eigenvalue weighted by Gasteiger charge is 2.11. The summed E-state index contributed by atoms with van der Waals surface area (Å²) >= 11 is 3.16. The number of methoxy groups -OCH3 is 1. The second-order valence-electron chi connectivity index (χ2n) is 6.06. The number of halogens is 1. The van der Waals surface area contributed by atoms with Gasteiger partial charge in [0.2, 0.25) is 5.91 Å². The molecule has 0 spiro atoms. The summed E-state index contributed by atoms with van der Waals surface area (Å²) in [6.45, 7) is 0.454. The van der Waals surface area contributed by atoms with E-state index in [1.807, 2.05) is 24.3 Å². The van der Waals surface area contributed by atoms with Crippen LogP contribution in [-0.4, -0.2) is 18.9 Å². The van der Waals surface area contributed by atoms with Crippen LogP contribution in [0.3, 0.4) is 0 Å². The first-order valence-corrected chi connectivity index (χ1v) is 9.38. The Bertz CT molecular complexity index is 949. The smallest absolute Gasteiger partial charge is 0.291 e. The number of rotatable bonds is 7. The molecule has 7 heteroatoms. The van der Waals surface area contributed by atoms with Crippen molar-refractivity contribution in [2.45, 2.75) is 13.0 Å². The fraction of sp³-hybridized carbons (Fsp3) is 0.143. The number of amides is 2. The summed E-state index contributed by atoms with van der Waals surface area (Å²) in [5, 5.41) is 5.63. The van der Waals surface area contributed by atoms with Crippen molar-refractivity contribution in [2.75, 3.05) is 12.4 Å². The fourth-order valence-electron chi connectivity index (χ4n) is 2.53. The van der Waals surface area contributed by atoms with Gasteiger partial charge in [-0.1, -0.05) is 24.3 Å². The third-order valence-electron chi connectivity index (χ3n) is 4.02. The van der Waals surface area contributed by atoms with Gasteiger partial charge in [-0.15, -0.1) is 0 Å². The summed E-state index contributed by atoms with van der Waals surface area (Å²) in [5.41, 5.74) is 2.47. The van der Waals surface area contributed by atoms with Gasteiger partial charge in [-0.2, -0.15) is 0 Å². The minimum absolute atomic E-state index is 0.0759. The Kier molecular flexibility index (Phi) is 6.49. The highest BCUT2D eigenvalue weighted by molar-refractivity contribution is 9.10. The normalized spacial score (nSPS) is 10.4. The van der Waals surface area contributed by atoms with E-state index in [1.54, 1.807) is 43.5 Å². The molecule has 0 unspecified atom stereocenters. The molecule has 3 rings (SSSR count). The molecule has 3 aromatic rings. The van der Waals surface area contributed by atoms with Crippen LogP contribution in [0.1, 0.15) is 21.7 Å². The zero-order valence-electron chi connectivity index (χ0n) is 15.2. The van der Waals surface area contributed by atoms with Crippen molar-refractivity contribution in [3.63, 3.8) is 0 Å². The lowest BCUT2D eigenvalue weighted by Gasteiger charge is -2.08. The number of anilines is 1. The van der Waals surface area contributed by atoms with Crippen molar-refractivity contribution >= 4 is 33.4 Å². The minimum Gasteiger partial charge on any atom is -0.497 e. The summed E-state index contributed by atoms with van der Waals surface area (Å²) in [6, 6.07) is 17.9. The quantitative estimate of drug-likeness (QED) is 0.575. The zero-order valence-corrected chi connectivity index (χ0v) is 16.8. The van der Waals surface area contributed by atoms with Crippen LogP contribution in [0.4, 0.5) is 5.69 Å². The van der Waals surface area contributed by atoms with Crippen LogP contribution in [0.2, 0.25) is 0 Å². The first-order valence-electron chi connectivity index (χ1n) is 8.59. The van der Waals surface area contributed by atoms with E-state index in [0.717, 1.165) is 16.9 Å². The van der Waals surface area contributed by atoms with Crippen molar-refractivity contribution < 1.29 is 18.7 Å². The standard InChI is InChI=1S/C21H19BrN2O4/c1-27-17-8-4-15(5-9-17)13-23-20(25)12-14-2-6-16(7-3-14)24-21(26)18-10-11-19(22)28-18/h2-11H,12-13H2,1H3,(H,23,25)(H,24,26). The SMILES string of the molecule is COc1ccc(CNC(=O)Cc2ccc(NC(=O)c3ccc(Br)o3)cc2)cc1. The maximum absolute atomic E-state index is 12.1. The molecular weight excluding hydrogens is 424 g/mol. The van der Waals surface area contributed by atoms with Gasteiger partial charge in [0, 0.05) is 12.2 Å². The van der Waals surface area contributed by atoms with E-state index < -0.39 is 0 Å². The highest BCUT2D eigenvalue weighted by atomic mass is 79.9. The van der Waals surface area contributed by atoms with Gasteiger partial charge in [0.25, 0.3) is 5.91 Å². The van der Waals surface area contributed by atoms with E-state index in [-0.39, 0.29) is 24.0 Å². The number of benzene rings is 2. The predicted octanol–water partition coefficient (Wildman–Crippen LogP) is 4.16. The molecule has 0 aliphatic carbocycles. The monoisotopic (exact) mass is 442 g/mol. The summed E-state index contributed by atoms with van der Waals surface area (Å²) in [5.74, 6) is 0.583. The van der Waals surface area contributed by atoms with Crippen molar-refractivity contribution in [1.29, 1.82) is 0 Å². The molecule has 0 aliphatic rings. The molecule has 144 valence electrons. The molecule has 0 bridgehead atoms. The summed E-state index contributed by atoms with van der Waals surface area (Å²) in [7, 11) is 1.61. The molecular formula is C21H19BrN2O4. The highest BCUT2D eigenvalue weighted by Crippen LogP contribution is 2.17. The zero-order chi connectivity index (χ0) is 19.9. The lowest BCUT2D eigenvalue weighted by atomic mass is 10.1. The molecule has 0 saturated carbocycles. The topological polar surface area (TPSA) is 80.6 Å². The third-order valence-corrected chi connectivity index (χ3v) is 4.45. The van der Waals surface area contributed by atoms with Gasteiger partial charge in [-0.05, 0) is 63.5 Å². The molecule has 0 atom stereocenters. The Balaban J connectivity index is 1.49. The van der Waals surface area contributed by atoms with Gasteiger partial charge in [-0.3, -0.25) is 9.59 Å². The molecule has 2 N–H and O–H groups in total. The fourth-order valence-corrected chi connectivity index (χ4v) is 2.83. The minimum atomic E-state index is -0.337. The van der Waals surface area contributed by atoms with Gasteiger partial charge in [0.15, 0.2) is 10.4 Å². The Morgan fingerprint density at radius 1 is 0.964 bits per heavy atom. The molecule has 28 heavy (non-hydrogen) atoms. The predicted molar refractivity (Wildman–Crippen MR) is 109 cm³/mol. The third kappa shape index (κ3) is 5.47. The molecule has 0 radical (unpaired) electrons. The second-order valence-corrected chi connectivity index (χ2v) is 6.84. The van der Waals surface area contributed by atoms with Crippen molar-refractivity contribution in [2.24, 2.45) is 0 Å². The lowest BCUT2D eigenvalue weighted by molar-refractivity contribution is -0.120. The number of carbonyl (C=O) groups is 2. The molecule has 1 heterocycles. The van der Waals surface area contributed by atoms with Gasteiger partial charge >= 0.3 is 0 Å². The van der Waals surface area contributed by atoms with Crippen molar-refractivity contribution in [3.05, 3.63) is 82.2 Å². The van der Waals surface area contributed by atoms with Crippen LogP contribution in [0.15, 0.2) is 69.8 Å². The van der Waals surface area contributed by atoms with E-state index in [4.69, 9.17) is 9.15 Å². The Hall–Kier alpha value is -3.06. The first-order chi connectivity index (χ1) is 13.5. The average molecular weight is 443 g/mol.